The van der Waals surface area contributed by atoms with Gasteiger partial charge in [0.2, 0.25) is 0 Å². The normalized spacial score (nSPS) is 12.7. The van der Waals surface area contributed by atoms with Gasteiger partial charge in [0, 0.05) is 0 Å². The van der Waals surface area contributed by atoms with Crippen molar-refractivity contribution in [2.75, 3.05) is 0 Å². The quantitative estimate of drug-likeness (QED) is 0.0744. The summed E-state index contributed by atoms with van der Waals surface area (Å²) < 4.78 is 325. The number of hydrogen-bond donors (Lipinski definition) is 0. The van der Waals surface area contributed by atoms with Crippen LogP contribution in [0.5, 0.6) is 0 Å². The molecule has 0 atom stereocenters. The molecule has 0 unspecified atom stereocenters. The molecule has 0 aromatic heterocycles. The van der Waals surface area contributed by atoms with Crippen molar-refractivity contribution in [3.8, 4) is 0 Å². The van der Waals surface area contributed by atoms with Gasteiger partial charge in [-0.25, -0.2) is 0 Å². The molecule has 21 heteroatoms. The molecule has 0 heterocycles. The van der Waals surface area contributed by atoms with Crippen LogP contribution in [0.1, 0.15) is 55.6 Å². The predicted octanol–water partition coefficient (Wildman–Crippen LogP) is 11.1. The number of hydrogen-bond acceptors (Lipinski definition) is 0. The van der Waals surface area contributed by atoms with E-state index in [2.05, 4.69) is 0 Å². The maximum atomic E-state index is 17.7. The van der Waals surface area contributed by atoms with E-state index in [1.54, 1.807) is 0 Å². The summed E-state index contributed by atoms with van der Waals surface area (Å²) in [4.78, 5) is 0. The molecular weight excluding hydrogens is 891 g/mol. The summed E-state index contributed by atoms with van der Waals surface area (Å²) in [5, 5.41) is -13.2. The molecule has 0 fully saturated rings. The van der Waals surface area contributed by atoms with E-state index in [1.165, 1.54) is 0 Å². The molecule has 0 amide bonds. The molecule has 330 valence electrons. The molecule has 0 aliphatic rings. The summed E-state index contributed by atoms with van der Waals surface area (Å²) in [7, 11) is 0. The summed E-state index contributed by atoms with van der Waals surface area (Å²) in [6.45, 7) is -20.6. The molecule has 0 spiro atoms. The topological polar surface area (TPSA) is 0 Å². The fourth-order valence-corrected chi connectivity index (χ4v) is 17.0. The van der Waals surface area contributed by atoms with Crippen LogP contribution < -0.4 is 26.5 Å². The average Bonchev–Trinajstić information content (AvgIpc) is 3.21. The van der Waals surface area contributed by atoms with Crippen LogP contribution in [0.15, 0.2) is 0 Å². The Balaban J connectivity index is 2.71. The fourth-order valence-electron chi connectivity index (χ4n) is 8.50. The number of rotatable bonds is 10. The van der Waals surface area contributed by atoms with Crippen LogP contribution in [0.25, 0.3) is 0 Å². The minimum atomic E-state index is -9.15. The molecule has 0 aliphatic heterocycles. The van der Waals surface area contributed by atoms with E-state index in [0.29, 0.717) is 0 Å². The predicted molar refractivity (Wildman–Crippen MR) is 184 cm³/mol. The molecule has 0 radical (unpaired) electrons. The van der Waals surface area contributed by atoms with Gasteiger partial charge >= 0.3 is 332 Å². The van der Waals surface area contributed by atoms with Crippen molar-refractivity contribution in [1.82, 2.24) is 0 Å². The SMILES string of the molecule is Cc1c(F)c(CF)c(F)c(F)c1P(c1c(C)c(F)c(CF)c(F)c1F)(c1c(C)c(F)c(CF)c(F)c1F)(c1c(C)c(F)c(CF)c(F)c1F)c1c(C)c(F)c(CF)c(F)c1F. The van der Waals surface area contributed by atoms with E-state index < -0.39 is 209 Å². The third-order valence-electron chi connectivity index (χ3n) is 11.0. The Kier molecular flexibility index (Phi) is 12.5. The second-order valence-electron chi connectivity index (χ2n) is 13.8. The molecule has 5 aromatic rings. The summed E-state index contributed by atoms with van der Waals surface area (Å²) >= 11 is 0. The molecule has 0 aliphatic carbocycles. The second kappa shape index (κ2) is 16.1. The summed E-state index contributed by atoms with van der Waals surface area (Å²) in [5.41, 5.74) is -20.0. The first-order valence-corrected chi connectivity index (χ1v) is 19.3. The van der Waals surface area contributed by atoms with Crippen molar-refractivity contribution < 1.29 is 87.8 Å². The second-order valence-corrected chi connectivity index (χ2v) is 18.2. The minimum absolute atomic E-state index is 0.116. The van der Waals surface area contributed by atoms with E-state index in [-0.39, 0.29) is 34.6 Å². The van der Waals surface area contributed by atoms with E-state index in [0.717, 1.165) is 0 Å². The first-order chi connectivity index (χ1) is 28.4. The van der Waals surface area contributed by atoms with Gasteiger partial charge in [0.15, 0.2) is 0 Å². The number of halogens is 20. The van der Waals surface area contributed by atoms with E-state index >= 15 is 65.9 Å². The molecule has 0 saturated heterocycles. The summed E-state index contributed by atoms with van der Waals surface area (Å²) in [5.74, 6) is -42.6. The van der Waals surface area contributed by atoms with Crippen molar-refractivity contribution in [2.45, 2.75) is 68.0 Å². The zero-order valence-corrected chi connectivity index (χ0v) is 32.4. The van der Waals surface area contributed by atoms with E-state index in [9.17, 15) is 22.0 Å². The standard InChI is InChI=1S/C40H25F20P/c1-11-21(46)16(6-41)26(51)31(56)36(11)61(37-12(2)22(47)17(7-42)27(52)32(37)57,38-13(3)23(48)18(8-43)28(53)33(38)58,39-14(4)24(49)19(9-44)29(54)34(39)59)40-15(5)25(50)20(10-45)30(55)35(40)60/h6-10H2,1-5H3. The van der Waals surface area contributed by atoms with Crippen LogP contribution in [0.2, 0.25) is 0 Å². The monoisotopic (exact) mass is 916 g/mol. The van der Waals surface area contributed by atoms with Gasteiger partial charge in [0.25, 0.3) is 0 Å². The molecule has 5 aromatic carbocycles. The molecule has 5 rings (SSSR count). The number of alkyl halides is 5. The molecule has 0 saturated carbocycles. The summed E-state index contributed by atoms with van der Waals surface area (Å²) in [6.07, 6.45) is 0. The average molecular weight is 917 g/mol. The first kappa shape index (κ1) is 47.2. The van der Waals surface area contributed by atoms with Crippen molar-refractivity contribution in [2.24, 2.45) is 0 Å². The third kappa shape index (κ3) is 5.71. The van der Waals surface area contributed by atoms with Gasteiger partial charge in [-0.2, -0.15) is 0 Å². The molecule has 0 N–H and O–H groups in total. The van der Waals surface area contributed by atoms with Gasteiger partial charge in [-0.05, 0) is 0 Å². The zero-order valence-electron chi connectivity index (χ0n) is 31.5. The van der Waals surface area contributed by atoms with Crippen molar-refractivity contribution in [3.63, 3.8) is 0 Å². The Labute approximate surface area is 331 Å². The molecule has 0 nitrogen and oxygen atoms in total. The Morgan fingerprint density at radius 1 is 0.230 bits per heavy atom. The van der Waals surface area contributed by atoms with Crippen LogP contribution in [-0.2, 0) is 33.4 Å². The fraction of sp³-hybridized carbons (Fsp3) is 0.250. The van der Waals surface area contributed by atoms with Gasteiger partial charge in [-0.3, -0.25) is 0 Å². The third-order valence-corrected chi connectivity index (χ3v) is 18.1. The van der Waals surface area contributed by atoms with E-state index in [4.69, 9.17) is 0 Å². The maximum absolute atomic E-state index is 17.7. The molecule has 61 heavy (non-hydrogen) atoms. The first-order valence-electron chi connectivity index (χ1n) is 17.1. The van der Waals surface area contributed by atoms with Gasteiger partial charge in [0.05, 0.1) is 0 Å². The van der Waals surface area contributed by atoms with Crippen molar-refractivity contribution in [1.29, 1.82) is 0 Å². The zero-order chi connectivity index (χ0) is 46.3. The molecular formula is C40H25F20P. The van der Waals surface area contributed by atoms with Crippen LogP contribution in [0.4, 0.5) is 87.8 Å². The van der Waals surface area contributed by atoms with Gasteiger partial charge in [-0.15, -0.1) is 0 Å². The Bertz CT molecular complexity index is 2130. The Morgan fingerprint density at radius 3 is 0.475 bits per heavy atom. The van der Waals surface area contributed by atoms with Gasteiger partial charge in [-0.1, -0.05) is 0 Å². The van der Waals surface area contributed by atoms with Crippen LogP contribution in [-0.4, -0.2) is 0 Å². The van der Waals surface area contributed by atoms with Crippen LogP contribution >= 0.6 is 6.60 Å². The van der Waals surface area contributed by atoms with Crippen LogP contribution in [0, 0.1) is 122 Å². The van der Waals surface area contributed by atoms with Crippen LogP contribution in [0.3, 0.4) is 0 Å². The van der Waals surface area contributed by atoms with Crippen molar-refractivity contribution in [3.05, 3.63) is 143 Å². The number of benzene rings is 5. The Hall–Kier alpha value is -4.87. The Morgan fingerprint density at radius 2 is 0.361 bits per heavy atom. The van der Waals surface area contributed by atoms with Gasteiger partial charge < -0.3 is 0 Å². The van der Waals surface area contributed by atoms with Crippen molar-refractivity contribution >= 4 is 33.1 Å². The van der Waals surface area contributed by atoms with Gasteiger partial charge in [0.1, 0.15) is 0 Å². The summed E-state index contributed by atoms with van der Waals surface area (Å²) in [6, 6.07) is 0. The molecule has 0 bridgehead atoms. The van der Waals surface area contributed by atoms with E-state index in [1.807, 2.05) is 0 Å².